The first-order chi connectivity index (χ1) is 7.46. The van der Waals surface area contributed by atoms with Crippen molar-refractivity contribution < 1.29 is 4.74 Å². The summed E-state index contributed by atoms with van der Waals surface area (Å²) in [5.74, 6) is 1.63. The van der Waals surface area contributed by atoms with Gasteiger partial charge in [0.25, 0.3) is 0 Å². The third-order valence-corrected chi connectivity index (χ3v) is 2.50. The van der Waals surface area contributed by atoms with Crippen LogP contribution in [0.5, 0.6) is 0 Å². The Morgan fingerprint density at radius 2 is 1.69 bits per heavy atom. The van der Waals surface area contributed by atoms with E-state index in [0.717, 1.165) is 11.3 Å². The van der Waals surface area contributed by atoms with Crippen molar-refractivity contribution >= 4 is 5.90 Å². The van der Waals surface area contributed by atoms with Gasteiger partial charge in [0, 0.05) is 5.56 Å². The zero-order chi connectivity index (χ0) is 11.8. The summed E-state index contributed by atoms with van der Waals surface area (Å²) in [4.78, 5) is 4.58. The lowest BCUT2D eigenvalue weighted by Crippen LogP contribution is -2.23. The molecule has 0 fully saturated rings. The summed E-state index contributed by atoms with van der Waals surface area (Å²) in [6.07, 6.45) is 2.03. The maximum absolute atomic E-state index is 5.66. The summed E-state index contributed by atoms with van der Waals surface area (Å²) in [5.41, 5.74) is 2.10. The minimum absolute atomic E-state index is 0.178. The summed E-state index contributed by atoms with van der Waals surface area (Å²) < 4.78 is 5.66. The number of hydrogen-bond acceptors (Lipinski definition) is 2. The fourth-order valence-electron chi connectivity index (χ4n) is 1.82. The Morgan fingerprint density at radius 3 is 2.25 bits per heavy atom. The Kier molecular flexibility index (Phi) is 2.58. The monoisotopic (exact) mass is 215 g/mol. The molecule has 0 unspecified atom stereocenters. The largest absolute Gasteiger partial charge is 0.444 e. The lowest BCUT2D eigenvalue weighted by atomic mass is 10.0. The fraction of sp³-hybridized carbons (Fsp3) is 0.357. The molecule has 1 aromatic rings. The lowest BCUT2D eigenvalue weighted by Gasteiger charge is -2.24. The summed E-state index contributed by atoms with van der Waals surface area (Å²) in [5, 5.41) is 0. The molecule has 84 valence electrons. The Morgan fingerprint density at radius 1 is 1.06 bits per heavy atom. The van der Waals surface area contributed by atoms with Crippen molar-refractivity contribution in [3.8, 4) is 0 Å². The topological polar surface area (TPSA) is 21.6 Å². The number of allylic oxidation sites excluding steroid dienone is 1. The molecule has 16 heavy (non-hydrogen) atoms. The van der Waals surface area contributed by atoms with E-state index in [1.54, 1.807) is 0 Å². The molecular formula is C14H17NO. The van der Waals surface area contributed by atoms with E-state index < -0.39 is 0 Å². The van der Waals surface area contributed by atoms with E-state index in [2.05, 4.69) is 37.9 Å². The summed E-state index contributed by atoms with van der Waals surface area (Å²) in [6.45, 7) is 8.19. The molecule has 1 aliphatic rings. The number of ether oxygens (including phenoxy) is 1. The Bertz CT molecular complexity index is 452. The average Bonchev–Trinajstić information content (AvgIpc) is 2.15. The molecule has 2 heteroatoms. The number of nitrogens with zero attached hydrogens (tertiary/aromatic N) is 1. The van der Waals surface area contributed by atoms with Crippen molar-refractivity contribution in [3.05, 3.63) is 47.2 Å². The molecule has 1 aliphatic heterocycles. The first kappa shape index (κ1) is 10.9. The predicted octanol–water partition coefficient (Wildman–Crippen LogP) is 3.45. The van der Waals surface area contributed by atoms with Crippen molar-refractivity contribution in [3.63, 3.8) is 0 Å². The normalized spacial score (nSPS) is 18.5. The average molecular weight is 215 g/mol. The van der Waals surface area contributed by atoms with Crippen LogP contribution in [0.25, 0.3) is 0 Å². The number of hydrogen-bond donors (Lipinski definition) is 0. The van der Waals surface area contributed by atoms with Gasteiger partial charge in [0.1, 0.15) is 5.76 Å². The van der Waals surface area contributed by atoms with Gasteiger partial charge in [0.15, 0.2) is 0 Å². The molecule has 0 aliphatic carbocycles. The third kappa shape index (κ3) is 2.32. The van der Waals surface area contributed by atoms with Crippen LogP contribution in [-0.4, -0.2) is 11.4 Å². The van der Waals surface area contributed by atoms with Crippen LogP contribution in [0.4, 0.5) is 0 Å². The number of aryl methyl sites for hydroxylation is 1. The van der Waals surface area contributed by atoms with Crippen molar-refractivity contribution in [1.29, 1.82) is 0 Å². The van der Waals surface area contributed by atoms with Crippen molar-refractivity contribution in [1.82, 2.24) is 0 Å². The quantitative estimate of drug-likeness (QED) is 0.703. The van der Waals surface area contributed by atoms with Gasteiger partial charge in [-0.1, -0.05) is 17.7 Å². The molecule has 1 heterocycles. The summed E-state index contributed by atoms with van der Waals surface area (Å²) in [7, 11) is 0. The predicted molar refractivity (Wildman–Crippen MR) is 66.6 cm³/mol. The van der Waals surface area contributed by atoms with Crippen LogP contribution < -0.4 is 0 Å². The Balaban J connectivity index is 2.36. The zero-order valence-corrected chi connectivity index (χ0v) is 10.2. The third-order valence-electron chi connectivity index (χ3n) is 2.50. The highest BCUT2D eigenvalue weighted by atomic mass is 16.5. The molecule has 0 aromatic heterocycles. The second-order valence-corrected chi connectivity index (χ2v) is 4.79. The van der Waals surface area contributed by atoms with Gasteiger partial charge >= 0.3 is 0 Å². The second kappa shape index (κ2) is 3.78. The molecule has 2 rings (SSSR count). The molecule has 0 bridgehead atoms. The Labute approximate surface area is 96.7 Å². The van der Waals surface area contributed by atoms with E-state index in [9.17, 15) is 0 Å². The second-order valence-electron chi connectivity index (χ2n) is 4.79. The molecule has 0 N–H and O–H groups in total. The van der Waals surface area contributed by atoms with Gasteiger partial charge < -0.3 is 4.74 Å². The molecule has 0 atom stereocenters. The van der Waals surface area contributed by atoms with Gasteiger partial charge in [-0.15, -0.1) is 0 Å². The van der Waals surface area contributed by atoms with Gasteiger partial charge in [-0.25, -0.2) is 4.99 Å². The minimum atomic E-state index is -0.178. The molecule has 0 saturated carbocycles. The molecule has 2 nitrogen and oxygen atoms in total. The van der Waals surface area contributed by atoms with Gasteiger partial charge in [0.05, 0.1) is 5.54 Å². The van der Waals surface area contributed by atoms with Crippen LogP contribution in [0.3, 0.4) is 0 Å². The number of aliphatic imine (C=N–C) groups is 1. The molecule has 0 spiro atoms. The van der Waals surface area contributed by atoms with E-state index in [4.69, 9.17) is 4.74 Å². The summed E-state index contributed by atoms with van der Waals surface area (Å²) in [6, 6.07) is 8.23. The van der Waals surface area contributed by atoms with Crippen LogP contribution in [-0.2, 0) is 4.74 Å². The molecular weight excluding hydrogens is 198 g/mol. The van der Waals surface area contributed by atoms with E-state index in [1.807, 2.05) is 25.1 Å². The van der Waals surface area contributed by atoms with E-state index >= 15 is 0 Å². The highest BCUT2D eigenvalue weighted by Crippen LogP contribution is 2.23. The van der Waals surface area contributed by atoms with Crippen molar-refractivity contribution in [2.24, 2.45) is 4.99 Å². The molecule has 0 radical (unpaired) electrons. The fourth-order valence-corrected chi connectivity index (χ4v) is 1.82. The van der Waals surface area contributed by atoms with Crippen molar-refractivity contribution in [2.45, 2.75) is 33.2 Å². The van der Waals surface area contributed by atoms with Crippen molar-refractivity contribution in [2.75, 3.05) is 0 Å². The number of rotatable bonds is 1. The first-order valence-electron chi connectivity index (χ1n) is 5.50. The smallest absolute Gasteiger partial charge is 0.222 e. The van der Waals surface area contributed by atoms with Crippen LogP contribution in [0, 0.1) is 6.92 Å². The summed E-state index contributed by atoms with van der Waals surface area (Å²) >= 11 is 0. The lowest BCUT2D eigenvalue weighted by molar-refractivity contribution is 0.381. The van der Waals surface area contributed by atoms with E-state index in [-0.39, 0.29) is 5.54 Å². The molecule has 0 saturated heterocycles. The van der Waals surface area contributed by atoms with Gasteiger partial charge in [-0.3, -0.25) is 0 Å². The van der Waals surface area contributed by atoms with Gasteiger partial charge in [0.2, 0.25) is 5.90 Å². The maximum atomic E-state index is 5.66. The van der Waals surface area contributed by atoms with Crippen LogP contribution in [0.15, 0.2) is 41.1 Å². The zero-order valence-electron chi connectivity index (χ0n) is 10.2. The molecule has 1 aromatic carbocycles. The minimum Gasteiger partial charge on any atom is -0.444 e. The maximum Gasteiger partial charge on any atom is 0.222 e. The van der Waals surface area contributed by atoms with Crippen LogP contribution in [0.2, 0.25) is 0 Å². The Hall–Kier alpha value is -1.57. The van der Waals surface area contributed by atoms with Gasteiger partial charge in [-0.05, 0) is 45.9 Å². The number of benzene rings is 1. The van der Waals surface area contributed by atoms with Crippen LogP contribution in [0.1, 0.15) is 31.9 Å². The highest BCUT2D eigenvalue weighted by Gasteiger charge is 2.22. The highest BCUT2D eigenvalue weighted by molar-refractivity contribution is 5.95. The van der Waals surface area contributed by atoms with Crippen LogP contribution >= 0.6 is 0 Å². The SMILES string of the molecule is CC1=CC(C)(C)N=C(c2ccc(C)cc2)O1. The first-order valence-corrected chi connectivity index (χ1v) is 5.50. The van der Waals surface area contributed by atoms with Gasteiger partial charge in [-0.2, -0.15) is 0 Å². The van der Waals surface area contributed by atoms with E-state index in [0.29, 0.717) is 5.90 Å². The van der Waals surface area contributed by atoms with E-state index in [1.165, 1.54) is 5.56 Å². The molecule has 0 amide bonds. The standard InChI is InChI=1S/C14H17NO/c1-10-5-7-12(8-6-10)13-15-14(3,4)9-11(2)16-13/h5-9H,1-4H3.